The van der Waals surface area contributed by atoms with Crippen molar-refractivity contribution in [3.05, 3.63) is 0 Å². The summed E-state index contributed by atoms with van der Waals surface area (Å²) in [6.07, 6.45) is 3.52. The van der Waals surface area contributed by atoms with Crippen LogP contribution in [0.25, 0.3) is 0 Å². The first-order valence-corrected chi connectivity index (χ1v) is 8.17. The fraction of sp³-hybridized carbons (Fsp3) is 0.929. The lowest BCUT2D eigenvalue weighted by Crippen LogP contribution is -2.49. The number of ether oxygens (including phenoxy) is 1. The summed E-state index contributed by atoms with van der Waals surface area (Å²) in [4.78, 5) is 13.8. The van der Waals surface area contributed by atoms with Crippen LogP contribution in [0.15, 0.2) is 0 Å². The van der Waals surface area contributed by atoms with Crippen LogP contribution in [0, 0.1) is 0 Å². The van der Waals surface area contributed by atoms with Gasteiger partial charge in [0.15, 0.2) is 5.60 Å². The Bertz CT molecular complexity index is 296. The molecule has 4 nitrogen and oxygen atoms in total. The number of aliphatic hydroxyl groups is 1. The standard InChI is InChI=1S/C14H27NO3S/c1-5-18-13(16)14(3,17)10-15(4)11-7-8-12(9-11)19-6-2/h11-12,17H,5-10H2,1-4H3/t11-,12+,14+/m0/s1. The highest BCUT2D eigenvalue weighted by atomic mass is 32.2. The molecule has 0 aliphatic heterocycles. The Balaban J connectivity index is 2.46. The van der Waals surface area contributed by atoms with Crippen molar-refractivity contribution in [2.75, 3.05) is 26.0 Å². The fourth-order valence-electron chi connectivity index (χ4n) is 2.67. The van der Waals surface area contributed by atoms with E-state index in [0.29, 0.717) is 19.2 Å². The maximum Gasteiger partial charge on any atom is 0.339 e. The van der Waals surface area contributed by atoms with Crippen LogP contribution in [0.4, 0.5) is 0 Å². The van der Waals surface area contributed by atoms with Crippen molar-refractivity contribution in [2.24, 2.45) is 0 Å². The summed E-state index contributed by atoms with van der Waals surface area (Å²) in [5.41, 5.74) is -1.42. The molecule has 5 heteroatoms. The lowest BCUT2D eigenvalue weighted by molar-refractivity contribution is -0.165. The third-order valence-electron chi connectivity index (χ3n) is 3.66. The van der Waals surface area contributed by atoms with Gasteiger partial charge >= 0.3 is 5.97 Å². The summed E-state index contributed by atoms with van der Waals surface area (Å²) < 4.78 is 4.91. The summed E-state index contributed by atoms with van der Waals surface area (Å²) in [5.74, 6) is 0.626. The molecule has 0 spiro atoms. The van der Waals surface area contributed by atoms with Crippen LogP contribution < -0.4 is 0 Å². The second-order valence-corrected chi connectivity index (χ2v) is 7.03. The molecule has 0 aromatic heterocycles. The number of esters is 1. The predicted molar refractivity (Wildman–Crippen MR) is 79.4 cm³/mol. The maximum absolute atomic E-state index is 11.7. The predicted octanol–water partition coefficient (Wildman–Crippen LogP) is 1.91. The largest absolute Gasteiger partial charge is 0.464 e. The monoisotopic (exact) mass is 289 g/mol. The van der Waals surface area contributed by atoms with Crippen molar-refractivity contribution in [3.63, 3.8) is 0 Å². The van der Waals surface area contributed by atoms with E-state index < -0.39 is 11.6 Å². The van der Waals surface area contributed by atoms with E-state index in [-0.39, 0.29) is 0 Å². The van der Waals surface area contributed by atoms with Gasteiger partial charge in [0.25, 0.3) is 0 Å². The summed E-state index contributed by atoms with van der Waals surface area (Å²) in [5, 5.41) is 10.9. The SMILES string of the molecule is CCOC(=O)[C@](C)(O)CN(C)[C@H]1CC[C@@H](SCC)C1. The summed E-state index contributed by atoms with van der Waals surface area (Å²) >= 11 is 2.01. The molecule has 3 atom stereocenters. The zero-order valence-corrected chi connectivity index (χ0v) is 13.3. The Morgan fingerprint density at radius 2 is 2.16 bits per heavy atom. The quantitative estimate of drug-likeness (QED) is 0.726. The number of hydrogen-bond acceptors (Lipinski definition) is 5. The second kappa shape index (κ2) is 7.50. The van der Waals surface area contributed by atoms with Crippen molar-refractivity contribution in [1.82, 2.24) is 4.90 Å². The first-order valence-electron chi connectivity index (χ1n) is 7.12. The molecule has 0 aromatic carbocycles. The normalized spacial score (nSPS) is 26.4. The van der Waals surface area contributed by atoms with Crippen LogP contribution in [-0.2, 0) is 9.53 Å². The zero-order valence-electron chi connectivity index (χ0n) is 12.5. The van der Waals surface area contributed by atoms with Gasteiger partial charge in [0.1, 0.15) is 0 Å². The number of likely N-dealkylation sites (N-methyl/N-ethyl adjacent to an activating group) is 1. The zero-order chi connectivity index (χ0) is 14.5. The number of thioether (sulfide) groups is 1. The van der Waals surface area contributed by atoms with Gasteiger partial charge in [0.2, 0.25) is 0 Å². The molecule has 0 amide bonds. The van der Waals surface area contributed by atoms with Crippen LogP contribution in [-0.4, -0.2) is 58.8 Å². The number of rotatable bonds is 7. The van der Waals surface area contributed by atoms with E-state index >= 15 is 0 Å². The lowest BCUT2D eigenvalue weighted by Gasteiger charge is -2.31. The Hall–Kier alpha value is -0.260. The van der Waals surface area contributed by atoms with Gasteiger partial charge in [-0.2, -0.15) is 11.8 Å². The molecule has 0 bridgehead atoms. The number of carbonyl (C=O) groups excluding carboxylic acids is 1. The number of hydrogen-bond donors (Lipinski definition) is 1. The van der Waals surface area contributed by atoms with Gasteiger partial charge in [0.05, 0.1) is 6.61 Å². The molecular weight excluding hydrogens is 262 g/mol. The van der Waals surface area contributed by atoms with E-state index in [9.17, 15) is 9.90 Å². The number of nitrogens with zero attached hydrogens (tertiary/aromatic N) is 1. The molecule has 19 heavy (non-hydrogen) atoms. The molecule has 0 heterocycles. The molecule has 1 fully saturated rings. The van der Waals surface area contributed by atoms with Crippen LogP contribution in [0.2, 0.25) is 0 Å². The maximum atomic E-state index is 11.7. The Morgan fingerprint density at radius 3 is 2.74 bits per heavy atom. The van der Waals surface area contributed by atoms with E-state index in [1.807, 2.05) is 18.8 Å². The molecule has 1 rings (SSSR count). The van der Waals surface area contributed by atoms with Gasteiger partial charge in [-0.15, -0.1) is 0 Å². The Labute approximate surface area is 120 Å². The lowest BCUT2D eigenvalue weighted by atomic mass is 10.1. The van der Waals surface area contributed by atoms with Crippen LogP contribution in [0.5, 0.6) is 0 Å². The molecule has 1 N–H and O–H groups in total. The van der Waals surface area contributed by atoms with Crippen molar-refractivity contribution in [3.8, 4) is 0 Å². The summed E-state index contributed by atoms with van der Waals surface area (Å²) in [7, 11) is 1.98. The van der Waals surface area contributed by atoms with E-state index in [1.54, 1.807) is 6.92 Å². The van der Waals surface area contributed by atoms with Crippen LogP contribution >= 0.6 is 11.8 Å². The van der Waals surface area contributed by atoms with Gasteiger partial charge in [-0.3, -0.25) is 4.90 Å². The van der Waals surface area contributed by atoms with Gasteiger partial charge in [-0.1, -0.05) is 6.92 Å². The average molecular weight is 289 g/mol. The van der Waals surface area contributed by atoms with Gasteiger partial charge in [0, 0.05) is 17.8 Å². The van der Waals surface area contributed by atoms with E-state index in [2.05, 4.69) is 11.8 Å². The van der Waals surface area contributed by atoms with Crippen LogP contribution in [0.1, 0.15) is 40.0 Å². The third-order valence-corrected chi connectivity index (χ3v) is 4.89. The first kappa shape index (κ1) is 16.8. The molecule has 1 aliphatic rings. The summed E-state index contributed by atoms with van der Waals surface area (Å²) in [6.45, 7) is 6.11. The molecule has 112 valence electrons. The van der Waals surface area contributed by atoms with Crippen molar-refractivity contribution >= 4 is 17.7 Å². The summed E-state index contributed by atoms with van der Waals surface area (Å²) in [6, 6.07) is 0.463. The van der Waals surface area contributed by atoms with E-state index in [0.717, 1.165) is 23.8 Å². The Morgan fingerprint density at radius 1 is 1.47 bits per heavy atom. The molecule has 0 unspecified atom stereocenters. The fourth-order valence-corrected chi connectivity index (χ4v) is 3.80. The third kappa shape index (κ3) is 4.97. The van der Waals surface area contributed by atoms with Crippen molar-refractivity contribution in [2.45, 2.75) is 56.9 Å². The van der Waals surface area contributed by atoms with Gasteiger partial charge < -0.3 is 9.84 Å². The van der Waals surface area contributed by atoms with E-state index in [1.165, 1.54) is 13.3 Å². The molecule has 0 aromatic rings. The molecule has 0 radical (unpaired) electrons. The highest BCUT2D eigenvalue weighted by molar-refractivity contribution is 7.99. The molecule has 0 saturated heterocycles. The van der Waals surface area contributed by atoms with Gasteiger partial charge in [-0.05, 0) is 45.9 Å². The van der Waals surface area contributed by atoms with Crippen molar-refractivity contribution < 1.29 is 14.6 Å². The highest BCUT2D eigenvalue weighted by Crippen LogP contribution is 2.32. The minimum Gasteiger partial charge on any atom is -0.464 e. The molecular formula is C14H27NO3S. The Kier molecular flexibility index (Phi) is 6.63. The highest BCUT2D eigenvalue weighted by Gasteiger charge is 2.36. The topological polar surface area (TPSA) is 49.8 Å². The average Bonchev–Trinajstić information content (AvgIpc) is 2.78. The smallest absolute Gasteiger partial charge is 0.339 e. The minimum absolute atomic E-state index is 0.303. The molecule has 1 aliphatic carbocycles. The minimum atomic E-state index is -1.42. The number of carbonyl (C=O) groups is 1. The first-order chi connectivity index (χ1) is 8.90. The van der Waals surface area contributed by atoms with E-state index in [4.69, 9.17) is 4.74 Å². The molecule has 1 saturated carbocycles. The van der Waals surface area contributed by atoms with Crippen LogP contribution in [0.3, 0.4) is 0 Å². The second-order valence-electron chi connectivity index (χ2n) is 5.45. The van der Waals surface area contributed by atoms with Gasteiger partial charge in [-0.25, -0.2) is 4.79 Å². The van der Waals surface area contributed by atoms with Crippen molar-refractivity contribution in [1.29, 1.82) is 0 Å².